The molecular formula is C20H24ClN5O2. The molecule has 3 rings (SSSR count). The van der Waals surface area contributed by atoms with Crippen LogP contribution < -0.4 is 15.5 Å². The van der Waals surface area contributed by atoms with Crippen LogP contribution in [-0.4, -0.2) is 54.0 Å². The van der Waals surface area contributed by atoms with Crippen LogP contribution in [0.3, 0.4) is 0 Å². The predicted molar refractivity (Wildman–Crippen MR) is 109 cm³/mol. The minimum atomic E-state index is -0.635. The standard InChI is InChI=1S/C20H24ClN5O2/c1-15(19(27)23-14-16-6-2-3-7-17(16)21)24-20(28)26-12-10-25(11-13-26)18-8-4-5-9-22-18/h2-9,15H,10-14H2,1H3,(H,23,27)(H,24,28)/t15-/m1/s1. The van der Waals surface area contributed by atoms with Gasteiger partial charge in [0.1, 0.15) is 11.9 Å². The lowest BCUT2D eigenvalue weighted by atomic mass is 10.2. The average molecular weight is 402 g/mol. The molecule has 7 nitrogen and oxygen atoms in total. The number of anilines is 1. The van der Waals surface area contributed by atoms with Crippen LogP contribution in [0.4, 0.5) is 10.6 Å². The van der Waals surface area contributed by atoms with Crippen molar-refractivity contribution in [2.75, 3.05) is 31.1 Å². The van der Waals surface area contributed by atoms with E-state index in [-0.39, 0.29) is 11.9 Å². The number of nitrogens with zero attached hydrogens (tertiary/aromatic N) is 3. The first-order chi connectivity index (χ1) is 13.5. The van der Waals surface area contributed by atoms with Crippen molar-refractivity contribution in [3.8, 4) is 0 Å². The van der Waals surface area contributed by atoms with E-state index in [9.17, 15) is 9.59 Å². The van der Waals surface area contributed by atoms with Crippen LogP contribution in [0.1, 0.15) is 12.5 Å². The van der Waals surface area contributed by atoms with Crippen LogP contribution in [-0.2, 0) is 11.3 Å². The number of amides is 3. The molecule has 0 bridgehead atoms. The topological polar surface area (TPSA) is 77.6 Å². The molecule has 2 N–H and O–H groups in total. The molecule has 28 heavy (non-hydrogen) atoms. The molecule has 0 spiro atoms. The minimum absolute atomic E-state index is 0.235. The number of carbonyl (C=O) groups excluding carboxylic acids is 2. The normalized spacial score (nSPS) is 15.1. The van der Waals surface area contributed by atoms with Gasteiger partial charge in [-0.25, -0.2) is 9.78 Å². The molecule has 1 aromatic carbocycles. The summed E-state index contributed by atoms with van der Waals surface area (Å²) >= 11 is 6.09. The van der Waals surface area contributed by atoms with Gasteiger partial charge >= 0.3 is 6.03 Å². The van der Waals surface area contributed by atoms with Crippen molar-refractivity contribution >= 4 is 29.4 Å². The van der Waals surface area contributed by atoms with Crippen molar-refractivity contribution in [2.24, 2.45) is 0 Å². The van der Waals surface area contributed by atoms with Crippen LogP contribution in [0.5, 0.6) is 0 Å². The summed E-state index contributed by atoms with van der Waals surface area (Å²) in [4.78, 5) is 32.9. The minimum Gasteiger partial charge on any atom is -0.353 e. The summed E-state index contributed by atoms with van der Waals surface area (Å²) in [5.41, 5.74) is 0.835. The van der Waals surface area contributed by atoms with E-state index in [1.54, 1.807) is 24.1 Å². The molecule has 1 atom stereocenters. The molecule has 148 valence electrons. The quantitative estimate of drug-likeness (QED) is 0.805. The first kappa shape index (κ1) is 19.9. The Kier molecular flexibility index (Phi) is 6.71. The lowest BCUT2D eigenvalue weighted by Gasteiger charge is -2.35. The van der Waals surface area contributed by atoms with E-state index in [4.69, 9.17) is 11.6 Å². The molecule has 0 saturated carbocycles. The summed E-state index contributed by atoms with van der Waals surface area (Å²) in [7, 11) is 0. The van der Waals surface area contributed by atoms with Crippen molar-refractivity contribution in [2.45, 2.75) is 19.5 Å². The number of aromatic nitrogens is 1. The smallest absolute Gasteiger partial charge is 0.318 e. The molecule has 1 aromatic heterocycles. The number of rotatable bonds is 5. The Labute approximate surface area is 169 Å². The summed E-state index contributed by atoms with van der Waals surface area (Å²) in [6.07, 6.45) is 1.76. The Bertz CT molecular complexity index is 809. The van der Waals surface area contributed by atoms with Crippen LogP contribution in [0, 0.1) is 0 Å². The third-order valence-electron chi connectivity index (χ3n) is 4.68. The number of hydrogen-bond acceptors (Lipinski definition) is 4. The van der Waals surface area contributed by atoms with E-state index in [0.717, 1.165) is 11.4 Å². The van der Waals surface area contributed by atoms with Gasteiger partial charge in [-0.15, -0.1) is 0 Å². The highest BCUT2D eigenvalue weighted by atomic mass is 35.5. The highest BCUT2D eigenvalue weighted by Crippen LogP contribution is 2.14. The number of hydrogen-bond donors (Lipinski definition) is 2. The first-order valence-electron chi connectivity index (χ1n) is 9.27. The van der Waals surface area contributed by atoms with E-state index in [0.29, 0.717) is 37.7 Å². The Balaban J connectivity index is 1.44. The van der Waals surface area contributed by atoms with Crippen molar-refractivity contribution in [1.82, 2.24) is 20.5 Å². The lowest BCUT2D eigenvalue weighted by molar-refractivity contribution is -0.122. The molecule has 0 unspecified atom stereocenters. The van der Waals surface area contributed by atoms with Gasteiger partial charge in [0.05, 0.1) is 0 Å². The second kappa shape index (κ2) is 9.41. The van der Waals surface area contributed by atoms with Gasteiger partial charge in [0.2, 0.25) is 5.91 Å². The zero-order chi connectivity index (χ0) is 19.9. The number of pyridine rings is 1. The zero-order valence-corrected chi connectivity index (χ0v) is 16.5. The van der Waals surface area contributed by atoms with E-state index in [1.807, 2.05) is 36.4 Å². The maximum Gasteiger partial charge on any atom is 0.318 e. The Hall–Kier alpha value is -2.80. The SMILES string of the molecule is C[C@@H](NC(=O)N1CCN(c2ccccn2)CC1)C(=O)NCc1ccccc1Cl. The lowest BCUT2D eigenvalue weighted by Crippen LogP contribution is -2.55. The third-order valence-corrected chi connectivity index (χ3v) is 5.05. The zero-order valence-electron chi connectivity index (χ0n) is 15.8. The second-order valence-electron chi connectivity index (χ2n) is 6.64. The number of piperazine rings is 1. The van der Waals surface area contributed by atoms with E-state index in [2.05, 4.69) is 20.5 Å². The molecular weight excluding hydrogens is 378 g/mol. The van der Waals surface area contributed by atoms with Gasteiger partial charge in [0, 0.05) is 43.9 Å². The fraction of sp³-hybridized carbons (Fsp3) is 0.350. The largest absolute Gasteiger partial charge is 0.353 e. The molecule has 1 saturated heterocycles. The Morgan fingerprint density at radius 2 is 1.82 bits per heavy atom. The molecule has 1 aliphatic rings. The number of benzene rings is 1. The fourth-order valence-electron chi connectivity index (χ4n) is 3.00. The number of halogens is 1. The highest BCUT2D eigenvalue weighted by molar-refractivity contribution is 6.31. The monoisotopic (exact) mass is 401 g/mol. The van der Waals surface area contributed by atoms with Crippen LogP contribution in [0.15, 0.2) is 48.7 Å². The van der Waals surface area contributed by atoms with Gasteiger partial charge in [-0.1, -0.05) is 35.9 Å². The molecule has 1 fully saturated rings. The molecule has 0 radical (unpaired) electrons. The summed E-state index contributed by atoms with van der Waals surface area (Å²) in [5, 5.41) is 6.17. The van der Waals surface area contributed by atoms with Gasteiger partial charge in [0.15, 0.2) is 0 Å². The van der Waals surface area contributed by atoms with Crippen molar-refractivity contribution in [1.29, 1.82) is 0 Å². The number of nitrogens with one attached hydrogen (secondary N) is 2. The summed E-state index contributed by atoms with van der Waals surface area (Å²) in [5.74, 6) is 0.662. The van der Waals surface area contributed by atoms with Gasteiger partial charge < -0.3 is 20.4 Å². The van der Waals surface area contributed by atoms with Crippen LogP contribution in [0.25, 0.3) is 0 Å². The molecule has 8 heteroatoms. The van der Waals surface area contributed by atoms with Gasteiger partial charge in [0.25, 0.3) is 0 Å². The van der Waals surface area contributed by atoms with Gasteiger partial charge in [-0.05, 0) is 30.7 Å². The molecule has 2 aromatic rings. The number of carbonyl (C=O) groups is 2. The van der Waals surface area contributed by atoms with Crippen LogP contribution in [0.2, 0.25) is 5.02 Å². The Morgan fingerprint density at radius 3 is 2.50 bits per heavy atom. The molecule has 1 aliphatic heterocycles. The van der Waals surface area contributed by atoms with E-state index >= 15 is 0 Å². The summed E-state index contributed by atoms with van der Waals surface area (Å²) in [6.45, 7) is 4.56. The highest BCUT2D eigenvalue weighted by Gasteiger charge is 2.24. The predicted octanol–water partition coefficient (Wildman–Crippen LogP) is 2.27. The Morgan fingerprint density at radius 1 is 1.11 bits per heavy atom. The summed E-state index contributed by atoms with van der Waals surface area (Å²) in [6, 6.07) is 12.3. The molecule has 0 aliphatic carbocycles. The maximum atomic E-state index is 12.5. The number of urea groups is 1. The van der Waals surface area contributed by atoms with Gasteiger partial charge in [-0.3, -0.25) is 4.79 Å². The molecule has 2 heterocycles. The van der Waals surface area contributed by atoms with Crippen molar-refractivity contribution in [3.05, 3.63) is 59.2 Å². The maximum absolute atomic E-state index is 12.5. The van der Waals surface area contributed by atoms with E-state index < -0.39 is 6.04 Å². The van der Waals surface area contributed by atoms with Gasteiger partial charge in [-0.2, -0.15) is 0 Å². The van der Waals surface area contributed by atoms with Crippen molar-refractivity contribution in [3.63, 3.8) is 0 Å². The van der Waals surface area contributed by atoms with Crippen molar-refractivity contribution < 1.29 is 9.59 Å². The van der Waals surface area contributed by atoms with E-state index in [1.165, 1.54) is 0 Å². The molecule has 3 amide bonds. The summed E-state index contributed by atoms with van der Waals surface area (Å²) < 4.78 is 0. The third kappa shape index (κ3) is 5.13. The van der Waals surface area contributed by atoms with Crippen LogP contribution >= 0.6 is 11.6 Å². The second-order valence-corrected chi connectivity index (χ2v) is 7.05. The fourth-order valence-corrected chi connectivity index (χ4v) is 3.20. The first-order valence-corrected chi connectivity index (χ1v) is 9.65. The average Bonchev–Trinajstić information content (AvgIpc) is 2.73.